The summed E-state index contributed by atoms with van der Waals surface area (Å²) in [6.45, 7) is 5.92. The van der Waals surface area contributed by atoms with Crippen molar-refractivity contribution in [3.8, 4) is 0 Å². The van der Waals surface area contributed by atoms with Crippen molar-refractivity contribution in [3.63, 3.8) is 0 Å². The van der Waals surface area contributed by atoms with Crippen molar-refractivity contribution in [3.05, 3.63) is 59.2 Å². The summed E-state index contributed by atoms with van der Waals surface area (Å²) >= 11 is 0. The molecule has 0 atom stereocenters. The van der Waals surface area contributed by atoms with Gasteiger partial charge < -0.3 is 16.0 Å². The van der Waals surface area contributed by atoms with E-state index in [2.05, 4.69) is 16.0 Å². The average Bonchev–Trinajstić information content (AvgIpc) is 2.56. The van der Waals surface area contributed by atoms with Crippen molar-refractivity contribution in [2.45, 2.75) is 20.8 Å². The summed E-state index contributed by atoms with van der Waals surface area (Å²) in [4.78, 5) is 23.9. The zero-order valence-electron chi connectivity index (χ0n) is 14.3. The molecule has 24 heavy (non-hydrogen) atoms. The monoisotopic (exact) mass is 325 g/mol. The zero-order chi connectivity index (χ0) is 17.5. The third-order valence-electron chi connectivity index (χ3n) is 3.78. The molecule has 0 spiro atoms. The van der Waals surface area contributed by atoms with Gasteiger partial charge in [0.25, 0.3) is 0 Å². The number of anilines is 2. The molecule has 0 fully saturated rings. The SMILES string of the molecule is Cc1ccccc1NCC(=O)NCC(=O)Nc1c(C)cccc1C. The number of nitrogens with one attached hydrogen (secondary N) is 3. The van der Waals surface area contributed by atoms with Gasteiger partial charge >= 0.3 is 0 Å². The summed E-state index contributed by atoms with van der Waals surface area (Å²) in [5.41, 5.74) is 4.77. The first kappa shape index (κ1) is 17.5. The Balaban J connectivity index is 1.79. The second kappa shape index (κ2) is 8.15. The summed E-state index contributed by atoms with van der Waals surface area (Å²) in [6.07, 6.45) is 0. The van der Waals surface area contributed by atoms with E-state index in [9.17, 15) is 9.59 Å². The van der Waals surface area contributed by atoms with E-state index < -0.39 is 0 Å². The van der Waals surface area contributed by atoms with Crippen molar-refractivity contribution < 1.29 is 9.59 Å². The predicted octanol–water partition coefficient (Wildman–Crippen LogP) is 2.78. The molecule has 2 rings (SSSR count). The van der Waals surface area contributed by atoms with Crippen LogP contribution in [-0.4, -0.2) is 24.9 Å². The fraction of sp³-hybridized carbons (Fsp3) is 0.263. The zero-order valence-corrected chi connectivity index (χ0v) is 14.3. The minimum Gasteiger partial charge on any atom is -0.376 e. The molecule has 0 heterocycles. The van der Waals surface area contributed by atoms with Crippen molar-refractivity contribution in [1.82, 2.24) is 5.32 Å². The fourth-order valence-electron chi connectivity index (χ4n) is 2.38. The van der Waals surface area contributed by atoms with Gasteiger partial charge in [-0.2, -0.15) is 0 Å². The van der Waals surface area contributed by atoms with E-state index in [1.165, 1.54) is 0 Å². The molecule has 3 N–H and O–H groups in total. The molecule has 5 nitrogen and oxygen atoms in total. The van der Waals surface area contributed by atoms with Gasteiger partial charge in [0.05, 0.1) is 13.1 Å². The Labute approximate surface area is 142 Å². The van der Waals surface area contributed by atoms with E-state index in [-0.39, 0.29) is 24.9 Å². The van der Waals surface area contributed by atoms with Crippen LogP contribution in [-0.2, 0) is 9.59 Å². The number of amides is 2. The number of aryl methyl sites for hydroxylation is 3. The first-order chi connectivity index (χ1) is 11.5. The predicted molar refractivity (Wildman–Crippen MR) is 97.2 cm³/mol. The molecule has 0 saturated heterocycles. The van der Waals surface area contributed by atoms with Crippen LogP contribution < -0.4 is 16.0 Å². The highest BCUT2D eigenvalue weighted by Crippen LogP contribution is 2.19. The number of hydrogen-bond donors (Lipinski definition) is 3. The lowest BCUT2D eigenvalue weighted by Crippen LogP contribution is -2.36. The van der Waals surface area contributed by atoms with Gasteiger partial charge in [0.1, 0.15) is 0 Å². The molecule has 0 radical (unpaired) electrons. The molecule has 0 unspecified atom stereocenters. The van der Waals surface area contributed by atoms with Gasteiger partial charge in [0.2, 0.25) is 11.8 Å². The van der Waals surface area contributed by atoms with Gasteiger partial charge in [-0.1, -0.05) is 36.4 Å². The minimum absolute atomic E-state index is 0.0535. The normalized spacial score (nSPS) is 10.1. The summed E-state index contributed by atoms with van der Waals surface area (Å²) < 4.78 is 0. The van der Waals surface area contributed by atoms with Gasteiger partial charge in [-0.3, -0.25) is 9.59 Å². The second-order valence-electron chi connectivity index (χ2n) is 5.76. The molecular weight excluding hydrogens is 302 g/mol. The van der Waals surface area contributed by atoms with E-state index >= 15 is 0 Å². The molecule has 0 aromatic heterocycles. The first-order valence-corrected chi connectivity index (χ1v) is 7.89. The fourth-order valence-corrected chi connectivity index (χ4v) is 2.38. The third kappa shape index (κ3) is 4.84. The molecule has 5 heteroatoms. The second-order valence-corrected chi connectivity index (χ2v) is 5.76. The topological polar surface area (TPSA) is 70.2 Å². The van der Waals surface area contributed by atoms with Crippen LogP contribution in [0.2, 0.25) is 0 Å². The Kier molecular flexibility index (Phi) is 5.95. The summed E-state index contributed by atoms with van der Waals surface area (Å²) in [5, 5.41) is 8.52. The van der Waals surface area contributed by atoms with Gasteiger partial charge in [-0.05, 0) is 43.5 Å². The molecule has 2 amide bonds. The summed E-state index contributed by atoms with van der Waals surface area (Å²) in [6, 6.07) is 13.6. The van der Waals surface area contributed by atoms with Gasteiger partial charge in [0, 0.05) is 11.4 Å². The Bertz CT molecular complexity index is 721. The summed E-state index contributed by atoms with van der Waals surface area (Å²) in [5.74, 6) is -0.466. The van der Waals surface area contributed by atoms with Crippen molar-refractivity contribution in [1.29, 1.82) is 0 Å². The maximum absolute atomic E-state index is 12.0. The molecular formula is C19H23N3O2. The van der Waals surface area contributed by atoms with E-state index in [1.54, 1.807) is 0 Å². The highest BCUT2D eigenvalue weighted by atomic mass is 16.2. The molecule has 0 saturated carbocycles. The van der Waals surface area contributed by atoms with Crippen LogP contribution in [0.25, 0.3) is 0 Å². The lowest BCUT2D eigenvalue weighted by molar-refractivity contribution is -0.122. The largest absolute Gasteiger partial charge is 0.376 e. The van der Waals surface area contributed by atoms with Crippen molar-refractivity contribution in [2.75, 3.05) is 23.7 Å². The standard InChI is InChI=1S/C19H23N3O2/c1-13-7-4-5-10-16(13)20-11-17(23)21-12-18(24)22-19-14(2)8-6-9-15(19)3/h4-10,20H,11-12H2,1-3H3,(H,21,23)(H,22,24). The van der Waals surface area contributed by atoms with Gasteiger partial charge in [-0.25, -0.2) is 0 Å². The molecule has 2 aromatic carbocycles. The summed E-state index contributed by atoms with van der Waals surface area (Å²) in [7, 11) is 0. The lowest BCUT2D eigenvalue weighted by Gasteiger charge is -2.12. The number of hydrogen-bond acceptors (Lipinski definition) is 3. The van der Waals surface area contributed by atoms with E-state index in [0.717, 1.165) is 28.1 Å². The molecule has 0 aliphatic heterocycles. The number of benzene rings is 2. The van der Waals surface area contributed by atoms with Gasteiger partial charge in [0.15, 0.2) is 0 Å². The van der Waals surface area contributed by atoms with Crippen LogP contribution in [0.5, 0.6) is 0 Å². The molecule has 126 valence electrons. The van der Waals surface area contributed by atoms with Crippen LogP contribution in [0.3, 0.4) is 0 Å². The number of carbonyl (C=O) groups excluding carboxylic acids is 2. The quantitative estimate of drug-likeness (QED) is 0.765. The lowest BCUT2D eigenvalue weighted by atomic mass is 10.1. The van der Waals surface area contributed by atoms with Crippen molar-refractivity contribution >= 4 is 23.2 Å². The molecule has 0 bridgehead atoms. The minimum atomic E-state index is -0.239. The highest BCUT2D eigenvalue weighted by Gasteiger charge is 2.09. The van der Waals surface area contributed by atoms with Crippen LogP contribution in [0, 0.1) is 20.8 Å². The third-order valence-corrected chi connectivity index (χ3v) is 3.78. The Morgan fingerprint density at radius 3 is 2.08 bits per heavy atom. The number of para-hydroxylation sites is 2. The van der Waals surface area contributed by atoms with Crippen LogP contribution in [0.4, 0.5) is 11.4 Å². The van der Waals surface area contributed by atoms with E-state index in [4.69, 9.17) is 0 Å². The van der Waals surface area contributed by atoms with Crippen LogP contribution in [0.15, 0.2) is 42.5 Å². The van der Waals surface area contributed by atoms with E-state index in [0.29, 0.717) is 0 Å². The first-order valence-electron chi connectivity index (χ1n) is 7.89. The number of rotatable bonds is 6. The molecule has 0 aliphatic carbocycles. The van der Waals surface area contributed by atoms with E-state index in [1.807, 2.05) is 63.2 Å². The molecule has 0 aliphatic rings. The average molecular weight is 325 g/mol. The Morgan fingerprint density at radius 2 is 1.42 bits per heavy atom. The molecule has 2 aromatic rings. The maximum atomic E-state index is 12.0. The van der Waals surface area contributed by atoms with Gasteiger partial charge in [-0.15, -0.1) is 0 Å². The van der Waals surface area contributed by atoms with Crippen LogP contribution in [0.1, 0.15) is 16.7 Å². The maximum Gasteiger partial charge on any atom is 0.243 e. The number of carbonyl (C=O) groups is 2. The Morgan fingerprint density at radius 1 is 0.792 bits per heavy atom. The smallest absolute Gasteiger partial charge is 0.243 e. The van der Waals surface area contributed by atoms with Crippen LogP contribution >= 0.6 is 0 Å². The van der Waals surface area contributed by atoms with Crippen molar-refractivity contribution in [2.24, 2.45) is 0 Å². The highest BCUT2D eigenvalue weighted by molar-refractivity contribution is 5.96. The Hall–Kier alpha value is -2.82.